The van der Waals surface area contributed by atoms with Crippen LogP contribution in [0, 0.1) is 92.7 Å². The average molecular weight is 1130 g/mol. The SMILES string of the molecule is CO[C@H]1C[C@H]2[C@@H]([C@H](OC)C[C@@H]3C[C@H](OC(=O)NCc4cccc(CNC(=O)O[C@@H]5CC[C@@]6(C)[C@@H](C5)C[C@@H](OC)[C@@H]5[C@@H]6C[C@H](OC)[C@]6(C)[C@@H]([C@H](C)CCC(=O)O)CC[C@@H]56)c4)CC[C@@]32C)[C@@H]2CC[C@H]([C@H](C)CCCOP(=O)(O)O)[C@@]12C. The number of fused-ring (bicyclic) bond motifs is 10. The highest BCUT2D eigenvalue weighted by molar-refractivity contribution is 7.46. The second-order valence-corrected chi connectivity index (χ2v) is 28.7. The Morgan fingerprint density at radius 1 is 0.633 bits per heavy atom. The molecule has 8 saturated carbocycles. The fourth-order valence-electron chi connectivity index (χ4n) is 20.5. The average Bonchev–Trinajstić information content (AvgIpc) is 3.40. The summed E-state index contributed by atoms with van der Waals surface area (Å²) in [5.41, 5.74) is 1.87. The number of hydrogen-bond acceptors (Lipinski definition) is 11. The second-order valence-electron chi connectivity index (χ2n) is 27.5. The Morgan fingerprint density at radius 3 is 1.51 bits per heavy atom. The van der Waals surface area contributed by atoms with Gasteiger partial charge in [0.2, 0.25) is 0 Å². The van der Waals surface area contributed by atoms with E-state index in [2.05, 4.69) is 52.2 Å². The van der Waals surface area contributed by atoms with Crippen LogP contribution in [0.25, 0.3) is 0 Å². The van der Waals surface area contributed by atoms with Gasteiger partial charge < -0.3 is 53.9 Å². The van der Waals surface area contributed by atoms with Crippen LogP contribution in [0.3, 0.4) is 0 Å². The number of nitrogens with one attached hydrogen (secondary N) is 2. The molecule has 0 unspecified atom stereocenters. The number of aliphatic carboxylic acids is 1. The monoisotopic (exact) mass is 1130 g/mol. The molecule has 1 aromatic carbocycles. The molecule has 0 radical (unpaired) electrons. The van der Waals surface area contributed by atoms with Crippen molar-refractivity contribution in [2.75, 3.05) is 35.0 Å². The standard InChI is InChI=1S/C62H99N2O14P/c1-36(13-12-26-76-79(69,70)71)44-17-19-46-55-48(32-52(74-9)61(44,46)5)59(3)24-22-42(28-40(59)30-50(55)72-7)77-57(67)63-34-38-14-11-15-39(27-38)35-64-58(68)78-43-23-25-60(4)41(29-43)31-51(73-8)56-47-20-18-45(37(2)16-21-54(65)66)62(47,6)53(75-10)33-49(56)60/h11,14-15,27,36-37,40-53,55-56H,12-13,16-26,28-35H2,1-10H3,(H,63,67)(H,64,68)(H,65,66)(H2,69,70,71)/t36-,37-,40+,41+,42-,43-,44-,45-,46+,47+,48+,49+,50-,51-,52+,53+,55+,56+,59+,60+,61-,62-/m1/s1. The largest absolute Gasteiger partial charge is 0.481 e. The third-order valence-electron chi connectivity index (χ3n) is 24.3. The van der Waals surface area contributed by atoms with Crippen molar-refractivity contribution in [1.29, 1.82) is 0 Å². The zero-order chi connectivity index (χ0) is 56.8. The Balaban J connectivity index is 0.739. The molecule has 1 aromatic rings. The van der Waals surface area contributed by atoms with Crippen LogP contribution in [0.2, 0.25) is 0 Å². The van der Waals surface area contributed by atoms with Crippen molar-refractivity contribution in [3.8, 4) is 0 Å². The first kappa shape index (κ1) is 60.8. The van der Waals surface area contributed by atoms with E-state index in [4.69, 9.17) is 32.9 Å². The summed E-state index contributed by atoms with van der Waals surface area (Å²) in [4.78, 5) is 56.9. The molecule has 0 saturated heterocycles. The minimum Gasteiger partial charge on any atom is -0.481 e. The summed E-state index contributed by atoms with van der Waals surface area (Å²) in [6.45, 7) is 15.0. The molecule has 8 aliphatic carbocycles. The Morgan fingerprint density at radius 2 is 1.09 bits per heavy atom. The summed E-state index contributed by atoms with van der Waals surface area (Å²) in [5.74, 6) is 3.98. The molecule has 5 N–H and O–H groups in total. The molecule has 0 heterocycles. The minimum atomic E-state index is -4.48. The van der Waals surface area contributed by atoms with Gasteiger partial charge in [-0.2, -0.15) is 0 Å². The number of carbonyl (C=O) groups excluding carboxylic acids is 2. The lowest BCUT2D eigenvalue weighted by atomic mass is 9.43. The number of hydrogen-bond donors (Lipinski definition) is 5. The zero-order valence-corrected chi connectivity index (χ0v) is 50.2. The van der Waals surface area contributed by atoms with Gasteiger partial charge in [-0.05, 0) is 202 Å². The number of phosphoric ester groups is 1. The predicted molar refractivity (Wildman–Crippen MR) is 298 cm³/mol. The van der Waals surface area contributed by atoms with Crippen LogP contribution >= 0.6 is 7.82 Å². The van der Waals surface area contributed by atoms with Crippen LogP contribution in [-0.4, -0.2) is 105 Å². The molecular weight excluding hydrogens is 1030 g/mol. The first-order valence-corrected chi connectivity index (χ1v) is 32.0. The van der Waals surface area contributed by atoms with Crippen LogP contribution in [0.5, 0.6) is 0 Å². The third kappa shape index (κ3) is 11.9. The lowest BCUT2D eigenvalue weighted by Crippen LogP contribution is -2.63. The maximum absolute atomic E-state index is 13.5. The summed E-state index contributed by atoms with van der Waals surface area (Å²) in [6.07, 6.45) is 14.9. The predicted octanol–water partition coefficient (Wildman–Crippen LogP) is 11.7. The molecule has 2 amide bonds. The molecule has 0 spiro atoms. The number of ether oxygens (including phenoxy) is 6. The normalized spacial score (nSPS) is 42.2. The number of carboxylic acid groups (broad SMARTS) is 1. The van der Waals surface area contributed by atoms with Crippen LogP contribution in [0.15, 0.2) is 24.3 Å². The minimum absolute atomic E-state index is 0.0396. The molecule has 8 aliphatic rings. The first-order chi connectivity index (χ1) is 37.5. The van der Waals surface area contributed by atoms with Gasteiger partial charge in [-0.1, -0.05) is 65.8 Å². The van der Waals surface area contributed by atoms with Crippen molar-refractivity contribution in [2.45, 2.75) is 207 Å². The summed E-state index contributed by atoms with van der Waals surface area (Å²) < 4.78 is 54.2. The van der Waals surface area contributed by atoms with E-state index < -0.39 is 26.0 Å². The number of rotatable bonds is 20. The van der Waals surface area contributed by atoms with Gasteiger partial charge in [0.15, 0.2) is 0 Å². The number of amides is 2. The highest BCUT2D eigenvalue weighted by Crippen LogP contribution is 2.71. The van der Waals surface area contributed by atoms with Crippen molar-refractivity contribution in [2.24, 2.45) is 92.7 Å². The van der Waals surface area contributed by atoms with Gasteiger partial charge >= 0.3 is 26.0 Å². The quantitative estimate of drug-likeness (QED) is 0.0606. The number of carbonyl (C=O) groups is 3. The van der Waals surface area contributed by atoms with E-state index in [1.54, 1.807) is 0 Å². The summed E-state index contributed by atoms with van der Waals surface area (Å²) >= 11 is 0. The Bertz CT molecular complexity index is 2340. The van der Waals surface area contributed by atoms with E-state index >= 15 is 0 Å². The first-order valence-electron chi connectivity index (χ1n) is 30.5. The molecule has 0 aromatic heterocycles. The van der Waals surface area contributed by atoms with Crippen molar-refractivity contribution in [1.82, 2.24) is 10.6 Å². The lowest BCUT2D eigenvalue weighted by molar-refractivity contribution is -0.217. The van der Waals surface area contributed by atoms with E-state index in [9.17, 15) is 33.8 Å². The number of carboxylic acids is 1. The molecule has 0 bridgehead atoms. The van der Waals surface area contributed by atoms with Crippen molar-refractivity contribution < 1.29 is 66.8 Å². The van der Waals surface area contributed by atoms with Gasteiger partial charge in [-0.25, -0.2) is 14.2 Å². The molecule has 22 atom stereocenters. The number of methoxy groups -OCH3 is 4. The fraction of sp³-hybridized carbons (Fsp3) is 0.855. The van der Waals surface area contributed by atoms with Crippen LogP contribution in [-0.2, 0) is 55.4 Å². The second kappa shape index (κ2) is 24.4. The topological polar surface area (TPSA) is 218 Å². The van der Waals surface area contributed by atoms with Gasteiger partial charge in [0.05, 0.1) is 31.0 Å². The van der Waals surface area contributed by atoms with Crippen LogP contribution in [0.1, 0.15) is 168 Å². The van der Waals surface area contributed by atoms with Crippen molar-refractivity contribution >= 4 is 26.0 Å². The van der Waals surface area contributed by atoms with E-state index in [0.717, 1.165) is 107 Å². The highest BCUT2D eigenvalue weighted by atomic mass is 31.2. The van der Waals surface area contributed by atoms with Gasteiger partial charge in [0.25, 0.3) is 0 Å². The Labute approximate surface area is 471 Å². The summed E-state index contributed by atoms with van der Waals surface area (Å²) in [6, 6.07) is 7.87. The Hall–Kier alpha value is -2.82. The van der Waals surface area contributed by atoms with Crippen molar-refractivity contribution in [3.63, 3.8) is 0 Å². The molecule has 8 fully saturated rings. The van der Waals surface area contributed by atoms with Gasteiger partial charge in [0, 0.05) is 58.8 Å². The smallest absolute Gasteiger partial charge is 0.469 e. The molecule has 79 heavy (non-hydrogen) atoms. The molecule has 9 rings (SSSR count). The van der Waals surface area contributed by atoms with Crippen molar-refractivity contribution in [3.05, 3.63) is 35.4 Å². The maximum Gasteiger partial charge on any atom is 0.469 e. The van der Waals surface area contributed by atoms with E-state index in [1.165, 1.54) is 0 Å². The highest BCUT2D eigenvalue weighted by Gasteiger charge is 2.68. The third-order valence-corrected chi connectivity index (χ3v) is 24.9. The molecule has 0 aliphatic heterocycles. The lowest BCUT2D eigenvalue weighted by Gasteiger charge is -2.64. The Kier molecular flexibility index (Phi) is 18.8. The van der Waals surface area contributed by atoms with Gasteiger partial charge in [-0.3, -0.25) is 9.32 Å². The van der Waals surface area contributed by atoms with Gasteiger partial charge in [-0.15, -0.1) is 0 Å². The number of benzene rings is 1. The maximum atomic E-state index is 13.5. The summed E-state index contributed by atoms with van der Waals surface area (Å²) in [5, 5.41) is 15.5. The number of phosphoric acid groups is 1. The summed E-state index contributed by atoms with van der Waals surface area (Å²) in [7, 11) is 2.97. The fourth-order valence-corrected chi connectivity index (χ4v) is 20.8. The van der Waals surface area contributed by atoms with Crippen LogP contribution < -0.4 is 10.6 Å². The van der Waals surface area contributed by atoms with Gasteiger partial charge in [0.1, 0.15) is 12.2 Å². The van der Waals surface area contributed by atoms with Crippen LogP contribution in [0.4, 0.5) is 9.59 Å². The molecule has 16 nitrogen and oxygen atoms in total. The molecular formula is C62H99N2O14P. The van der Waals surface area contributed by atoms with E-state index in [-0.39, 0.29) is 71.3 Å². The number of alkyl carbamates (subject to hydrolysis) is 2. The molecule has 446 valence electrons. The van der Waals surface area contributed by atoms with E-state index in [0.29, 0.717) is 96.9 Å². The van der Waals surface area contributed by atoms with E-state index in [1.807, 2.05) is 52.7 Å². The molecule has 17 heteroatoms. The zero-order valence-electron chi connectivity index (χ0n) is 49.3.